The van der Waals surface area contributed by atoms with E-state index >= 15 is 0 Å². The SMILES string of the molecule is C=C(C)CCC(NCC)C1CCCCS1. The van der Waals surface area contributed by atoms with Crippen LogP contribution in [0.1, 0.15) is 46.0 Å². The first-order valence-electron chi connectivity index (χ1n) is 6.23. The fourth-order valence-electron chi connectivity index (χ4n) is 2.17. The van der Waals surface area contributed by atoms with Gasteiger partial charge in [-0.25, -0.2) is 0 Å². The molecule has 2 atom stereocenters. The van der Waals surface area contributed by atoms with Gasteiger partial charge in [-0.05, 0) is 44.9 Å². The average molecular weight is 227 g/mol. The summed E-state index contributed by atoms with van der Waals surface area (Å²) in [5, 5.41) is 4.49. The van der Waals surface area contributed by atoms with Crippen molar-refractivity contribution >= 4 is 11.8 Å². The van der Waals surface area contributed by atoms with Crippen LogP contribution in [0.5, 0.6) is 0 Å². The highest BCUT2D eigenvalue weighted by atomic mass is 32.2. The molecule has 15 heavy (non-hydrogen) atoms. The molecule has 2 heteroatoms. The van der Waals surface area contributed by atoms with Gasteiger partial charge in [-0.1, -0.05) is 18.9 Å². The Morgan fingerprint density at radius 1 is 1.53 bits per heavy atom. The van der Waals surface area contributed by atoms with E-state index in [0.29, 0.717) is 6.04 Å². The molecule has 1 heterocycles. The highest BCUT2D eigenvalue weighted by Gasteiger charge is 2.22. The standard InChI is InChI=1S/C13H25NS/c1-4-14-12(9-8-11(2)3)13-7-5-6-10-15-13/h12-14H,2,4-10H2,1,3H3. The summed E-state index contributed by atoms with van der Waals surface area (Å²) in [4.78, 5) is 0. The largest absolute Gasteiger partial charge is 0.313 e. The molecule has 1 fully saturated rings. The van der Waals surface area contributed by atoms with E-state index < -0.39 is 0 Å². The lowest BCUT2D eigenvalue weighted by Gasteiger charge is -2.30. The number of allylic oxidation sites excluding steroid dienone is 1. The maximum atomic E-state index is 4.00. The van der Waals surface area contributed by atoms with Crippen molar-refractivity contribution < 1.29 is 0 Å². The summed E-state index contributed by atoms with van der Waals surface area (Å²) in [6.45, 7) is 9.44. The van der Waals surface area contributed by atoms with Gasteiger partial charge in [0.2, 0.25) is 0 Å². The molecule has 0 saturated carbocycles. The van der Waals surface area contributed by atoms with Crippen LogP contribution in [0.25, 0.3) is 0 Å². The Kier molecular flexibility index (Phi) is 6.42. The van der Waals surface area contributed by atoms with Crippen molar-refractivity contribution in [2.24, 2.45) is 0 Å². The van der Waals surface area contributed by atoms with Crippen LogP contribution in [0.3, 0.4) is 0 Å². The van der Waals surface area contributed by atoms with Gasteiger partial charge < -0.3 is 5.32 Å². The van der Waals surface area contributed by atoms with E-state index in [-0.39, 0.29) is 0 Å². The molecule has 0 aromatic carbocycles. The predicted octanol–water partition coefficient (Wildman–Crippen LogP) is 3.61. The Morgan fingerprint density at radius 2 is 2.33 bits per heavy atom. The molecule has 88 valence electrons. The number of rotatable bonds is 6. The summed E-state index contributed by atoms with van der Waals surface area (Å²) in [5.74, 6) is 1.36. The molecule has 1 aliphatic heterocycles. The first-order valence-corrected chi connectivity index (χ1v) is 7.28. The second-order valence-electron chi connectivity index (χ2n) is 4.56. The zero-order chi connectivity index (χ0) is 11.1. The lowest BCUT2D eigenvalue weighted by atomic mass is 10.0. The van der Waals surface area contributed by atoms with Gasteiger partial charge in [0.05, 0.1) is 0 Å². The van der Waals surface area contributed by atoms with Gasteiger partial charge in [0.15, 0.2) is 0 Å². The summed E-state index contributed by atoms with van der Waals surface area (Å²) in [6, 6.07) is 0.706. The van der Waals surface area contributed by atoms with Crippen LogP contribution in [0.4, 0.5) is 0 Å². The van der Waals surface area contributed by atoms with Gasteiger partial charge in [-0.3, -0.25) is 0 Å². The minimum absolute atomic E-state index is 0.706. The van der Waals surface area contributed by atoms with Crippen molar-refractivity contribution in [3.05, 3.63) is 12.2 Å². The first kappa shape index (κ1) is 13.1. The molecule has 0 aliphatic carbocycles. The van der Waals surface area contributed by atoms with Gasteiger partial charge in [-0.15, -0.1) is 6.58 Å². The maximum Gasteiger partial charge on any atom is 0.0201 e. The van der Waals surface area contributed by atoms with Crippen molar-refractivity contribution in [2.45, 2.75) is 57.2 Å². The Bertz CT molecular complexity index is 185. The molecule has 1 N–H and O–H groups in total. The van der Waals surface area contributed by atoms with E-state index in [0.717, 1.165) is 11.8 Å². The van der Waals surface area contributed by atoms with Crippen LogP contribution in [0.15, 0.2) is 12.2 Å². The third-order valence-electron chi connectivity index (χ3n) is 3.01. The van der Waals surface area contributed by atoms with E-state index in [9.17, 15) is 0 Å². The molecule has 0 spiro atoms. The maximum absolute atomic E-state index is 4.00. The van der Waals surface area contributed by atoms with Crippen LogP contribution in [-0.4, -0.2) is 23.6 Å². The summed E-state index contributed by atoms with van der Waals surface area (Å²) in [6.07, 6.45) is 6.68. The Hall–Kier alpha value is 0.0500. The molecule has 1 aliphatic rings. The second kappa shape index (κ2) is 7.34. The van der Waals surface area contributed by atoms with Crippen molar-refractivity contribution in [3.63, 3.8) is 0 Å². The monoisotopic (exact) mass is 227 g/mol. The molecule has 0 aromatic heterocycles. The predicted molar refractivity (Wildman–Crippen MR) is 71.6 cm³/mol. The van der Waals surface area contributed by atoms with Crippen molar-refractivity contribution in [3.8, 4) is 0 Å². The lowest BCUT2D eigenvalue weighted by molar-refractivity contribution is 0.449. The van der Waals surface area contributed by atoms with Crippen LogP contribution in [0.2, 0.25) is 0 Å². The zero-order valence-corrected chi connectivity index (χ0v) is 11.0. The summed E-state index contributed by atoms with van der Waals surface area (Å²) in [7, 11) is 0. The quantitative estimate of drug-likeness (QED) is 0.696. The van der Waals surface area contributed by atoms with Gasteiger partial charge in [0.1, 0.15) is 0 Å². The highest BCUT2D eigenvalue weighted by Crippen LogP contribution is 2.29. The summed E-state index contributed by atoms with van der Waals surface area (Å²) >= 11 is 2.17. The van der Waals surface area contributed by atoms with E-state index in [1.807, 2.05) is 0 Å². The van der Waals surface area contributed by atoms with E-state index in [1.165, 1.54) is 43.4 Å². The van der Waals surface area contributed by atoms with Gasteiger partial charge in [-0.2, -0.15) is 11.8 Å². The smallest absolute Gasteiger partial charge is 0.0201 e. The topological polar surface area (TPSA) is 12.0 Å². The fourth-order valence-corrected chi connectivity index (χ4v) is 3.64. The van der Waals surface area contributed by atoms with Crippen molar-refractivity contribution in [1.29, 1.82) is 0 Å². The Balaban J connectivity index is 2.36. The molecule has 0 aromatic rings. The lowest BCUT2D eigenvalue weighted by Crippen LogP contribution is -2.39. The van der Waals surface area contributed by atoms with Gasteiger partial charge in [0, 0.05) is 11.3 Å². The summed E-state index contributed by atoms with van der Waals surface area (Å²) < 4.78 is 0. The molecule has 0 bridgehead atoms. The van der Waals surface area contributed by atoms with Crippen molar-refractivity contribution in [2.75, 3.05) is 12.3 Å². The third-order valence-corrected chi connectivity index (χ3v) is 4.53. The van der Waals surface area contributed by atoms with Crippen LogP contribution in [-0.2, 0) is 0 Å². The molecule has 1 nitrogen and oxygen atoms in total. The zero-order valence-electron chi connectivity index (χ0n) is 10.2. The number of nitrogens with one attached hydrogen (secondary N) is 1. The molecular formula is C13H25NS. The van der Waals surface area contributed by atoms with Crippen molar-refractivity contribution in [1.82, 2.24) is 5.32 Å². The molecule has 0 radical (unpaired) electrons. The number of hydrogen-bond donors (Lipinski definition) is 1. The highest BCUT2D eigenvalue weighted by molar-refractivity contribution is 8.00. The molecule has 0 amide bonds. The summed E-state index contributed by atoms with van der Waals surface area (Å²) in [5.41, 5.74) is 1.32. The van der Waals surface area contributed by atoms with E-state index in [4.69, 9.17) is 0 Å². The molecule has 1 saturated heterocycles. The molecular weight excluding hydrogens is 202 g/mol. The van der Waals surface area contributed by atoms with Crippen LogP contribution < -0.4 is 5.32 Å². The number of hydrogen-bond acceptors (Lipinski definition) is 2. The minimum atomic E-state index is 0.706. The van der Waals surface area contributed by atoms with Gasteiger partial charge in [0.25, 0.3) is 0 Å². The Labute approximate surface area is 99.1 Å². The minimum Gasteiger partial charge on any atom is -0.313 e. The fraction of sp³-hybridized carbons (Fsp3) is 0.846. The third kappa shape index (κ3) is 5.07. The first-order chi connectivity index (χ1) is 7.24. The van der Waals surface area contributed by atoms with Crippen LogP contribution in [0, 0.1) is 0 Å². The normalized spacial score (nSPS) is 23.7. The average Bonchev–Trinajstić information content (AvgIpc) is 2.25. The number of thioether (sulfide) groups is 1. The Morgan fingerprint density at radius 3 is 2.87 bits per heavy atom. The molecule has 1 rings (SSSR count). The second-order valence-corrected chi connectivity index (χ2v) is 5.91. The van der Waals surface area contributed by atoms with E-state index in [1.54, 1.807) is 0 Å². The van der Waals surface area contributed by atoms with E-state index in [2.05, 4.69) is 37.5 Å². The van der Waals surface area contributed by atoms with Crippen LogP contribution >= 0.6 is 11.8 Å². The van der Waals surface area contributed by atoms with Gasteiger partial charge >= 0.3 is 0 Å². The molecule has 2 unspecified atom stereocenters.